The van der Waals surface area contributed by atoms with Crippen LogP contribution < -0.4 is 10.9 Å². The van der Waals surface area contributed by atoms with E-state index in [2.05, 4.69) is 20.6 Å². The summed E-state index contributed by atoms with van der Waals surface area (Å²) in [6, 6.07) is 12.8. The quantitative estimate of drug-likeness (QED) is 0.595. The van der Waals surface area contributed by atoms with Gasteiger partial charge in [-0.2, -0.15) is 5.10 Å². The van der Waals surface area contributed by atoms with Gasteiger partial charge in [0.05, 0.1) is 17.6 Å². The highest BCUT2D eigenvalue weighted by molar-refractivity contribution is 5.83. The zero-order valence-corrected chi connectivity index (χ0v) is 14.1. The zero-order chi connectivity index (χ0) is 18.1. The first-order chi connectivity index (χ1) is 12.6. The highest BCUT2D eigenvalue weighted by Crippen LogP contribution is 2.11. The second-order valence-electron chi connectivity index (χ2n) is 5.92. The van der Waals surface area contributed by atoms with Crippen molar-refractivity contribution in [1.82, 2.24) is 29.7 Å². The minimum absolute atomic E-state index is 0.152. The molecule has 4 aromatic rings. The Hall–Kier alpha value is -3.55. The normalized spacial score (nSPS) is 11.1. The maximum absolute atomic E-state index is 12.5. The van der Waals surface area contributed by atoms with E-state index in [1.54, 1.807) is 16.5 Å². The average Bonchev–Trinajstić information content (AvgIpc) is 3.07. The highest BCUT2D eigenvalue weighted by atomic mass is 16.2. The maximum atomic E-state index is 12.5. The van der Waals surface area contributed by atoms with E-state index >= 15 is 0 Å². The number of hydrogen-bond acceptors (Lipinski definition) is 5. The van der Waals surface area contributed by atoms with Crippen LogP contribution in [0.4, 0.5) is 0 Å². The lowest BCUT2D eigenvalue weighted by Gasteiger charge is -2.09. The van der Waals surface area contributed by atoms with Crippen molar-refractivity contribution in [2.24, 2.45) is 0 Å². The number of pyridine rings is 1. The van der Waals surface area contributed by atoms with Crippen molar-refractivity contribution in [3.05, 3.63) is 70.5 Å². The van der Waals surface area contributed by atoms with Crippen molar-refractivity contribution in [1.29, 1.82) is 0 Å². The van der Waals surface area contributed by atoms with Crippen LogP contribution in [0.15, 0.2) is 53.5 Å². The first kappa shape index (κ1) is 15.9. The number of fused-ring (bicyclic) bond motifs is 2. The van der Waals surface area contributed by atoms with E-state index in [1.165, 1.54) is 4.68 Å². The van der Waals surface area contributed by atoms with Gasteiger partial charge in [0.25, 0.3) is 5.56 Å². The molecule has 0 fully saturated rings. The SMILES string of the molecule is Cc1nn(CC(=O)NCc2nnc3ccccn23)c(=O)c2ccccc12. The molecule has 0 saturated carbocycles. The van der Waals surface area contributed by atoms with Crippen LogP contribution in [-0.2, 0) is 17.9 Å². The molecule has 3 aromatic heterocycles. The van der Waals surface area contributed by atoms with Crippen molar-refractivity contribution in [3.63, 3.8) is 0 Å². The second-order valence-corrected chi connectivity index (χ2v) is 5.92. The topological polar surface area (TPSA) is 94.2 Å². The van der Waals surface area contributed by atoms with E-state index in [1.807, 2.05) is 43.5 Å². The standard InChI is InChI=1S/C18H16N6O2/c1-12-13-6-2-3-7-14(13)18(26)24(22-12)11-17(25)19-10-16-21-20-15-8-4-5-9-23(15)16/h2-9H,10-11H2,1H3,(H,19,25). The zero-order valence-electron chi connectivity index (χ0n) is 14.1. The van der Waals surface area contributed by atoms with Gasteiger partial charge < -0.3 is 5.32 Å². The molecule has 26 heavy (non-hydrogen) atoms. The number of aromatic nitrogens is 5. The molecule has 0 atom stereocenters. The fourth-order valence-corrected chi connectivity index (χ4v) is 2.89. The first-order valence-electron chi connectivity index (χ1n) is 8.15. The van der Waals surface area contributed by atoms with E-state index in [9.17, 15) is 9.59 Å². The summed E-state index contributed by atoms with van der Waals surface area (Å²) in [5.74, 6) is 0.297. The predicted octanol–water partition coefficient (Wildman–Crippen LogP) is 1.06. The maximum Gasteiger partial charge on any atom is 0.275 e. The summed E-state index contributed by atoms with van der Waals surface area (Å²) in [6.45, 7) is 1.88. The molecule has 1 aromatic carbocycles. The summed E-state index contributed by atoms with van der Waals surface area (Å²) in [6.07, 6.45) is 1.83. The molecule has 0 radical (unpaired) electrons. The summed E-state index contributed by atoms with van der Waals surface area (Å²) in [4.78, 5) is 24.8. The van der Waals surface area contributed by atoms with Crippen LogP contribution in [0, 0.1) is 6.92 Å². The van der Waals surface area contributed by atoms with E-state index in [-0.39, 0.29) is 24.6 Å². The Bertz CT molecular complexity index is 1180. The van der Waals surface area contributed by atoms with E-state index in [0.29, 0.717) is 22.6 Å². The minimum Gasteiger partial charge on any atom is -0.347 e. The number of nitrogens with zero attached hydrogens (tertiary/aromatic N) is 5. The molecule has 1 N–H and O–H groups in total. The van der Waals surface area contributed by atoms with Gasteiger partial charge in [0.15, 0.2) is 11.5 Å². The third-order valence-electron chi connectivity index (χ3n) is 4.17. The predicted molar refractivity (Wildman–Crippen MR) is 95.6 cm³/mol. The smallest absolute Gasteiger partial charge is 0.275 e. The van der Waals surface area contributed by atoms with Gasteiger partial charge in [0, 0.05) is 11.6 Å². The largest absolute Gasteiger partial charge is 0.347 e. The van der Waals surface area contributed by atoms with Crippen molar-refractivity contribution in [2.45, 2.75) is 20.0 Å². The number of rotatable bonds is 4. The molecule has 0 aliphatic heterocycles. The van der Waals surface area contributed by atoms with Gasteiger partial charge in [-0.1, -0.05) is 24.3 Å². The molecule has 0 aliphatic rings. The van der Waals surface area contributed by atoms with Crippen LogP contribution in [0.1, 0.15) is 11.5 Å². The molecule has 3 heterocycles. The molecule has 0 bridgehead atoms. The number of carbonyl (C=O) groups excluding carboxylic acids is 1. The summed E-state index contributed by atoms with van der Waals surface area (Å²) in [5, 5.41) is 16.4. The number of hydrogen-bond donors (Lipinski definition) is 1. The van der Waals surface area contributed by atoms with Gasteiger partial charge in [-0.3, -0.25) is 14.0 Å². The van der Waals surface area contributed by atoms with Gasteiger partial charge in [-0.15, -0.1) is 10.2 Å². The van der Waals surface area contributed by atoms with Crippen LogP contribution in [0.3, 0.4) is 0 Å². The molecule has 1 amide bonds. The molecular formula is C18H16N6O2. The van der Waals surface area contributed by atoms with Crippen molar-refractivity contribution >= 4 is 22.3 Å². The first-order valence-corrected chi connectivity index (χ1v) is 8.15. The third-order valence-corrected chi connectivity index (χ3v) is 4.17. The fraction of sp³-hybridized carbons (Fsp3) is 0.167. The number of nitrogens with one attached hydrogen (secondary N) is 1. The Balaban J connectivity index is 1.53. The van der Waals surface area contributed by atoms with E-state index in [0.717, 1.165) is 5.39 Å². The van der Waals surface area contributed by atoms with Crippen LogP contribution in [0.25, 0.3) is 16.4 Å². The van der Waals surface area contributed by atoms with Gasteiger partial charge in [-0.05, 0) is 25.1 Å². The molecule has 0 saturated heterocycles. The van der Waals surface area contributed by atoms with Gasteiger partial charge in [0.2, 0.25) is 5.91 Å². The van der Waals surface area contributed by atoms with Crippen molar-refractivity contribution in [2.75, 3.05) is 0 Å². The summed E-state index contributed by atoms with van der Waals surface area (Å²) in [7, 11) is 0. The number of benzene rings is 1. The highest BCUT2D eigenvalue weighted by Gasteiger charge is 2.12. The Labute approximate surface area is 148 Å². The van der Waals surface area contributed by atoms with Crippen molar-refractivity contribution in [3.8, 4) is 0 Å². The third kappa shape index (κ3) is 2.81. The number of amides is 1. The van der Waals surface area contributed by atoms with Crippen molar-refractivity contribution < 1.29 is 4.79 Å². The van der Waals surface area contributed by atoms with Crippen LogP contribution in [-0.4, -0.2) is 30.3 Å². The molecule has 0 spiro atoms. The molecule has 130 valence electrons. The lowest BCUT2D eigenvalue weighted by Crippen LogP contribution is -2.34. The molecule has 8 nitrogen and oxygen atoms in total. The molecular weight excluding hydrogens is 332 g/mol. The van der Waals surface area contributed by atoms with E-state index in [4.69, 9.17) is 0 Å². The molecule has 8 heteroatoms. The summed E-state index contributed by atoms with van der Waals surface area (Å²) in [5.41, 5.74) is 1.13. The lowest BCUT2D eigenvalue weighted by molar-refractivity contribution is -0.122. The number of aryl methyl sites for hydroxylation is 1. The monoisotopic (exact) mass is 348 g/mol. The Kier molecular flexibility index (Phi) is 3.92. The summed E-state index contributed by atoms with van der Waals surface area (Å²) < 4.78 is 2.99. The second kappa shape index (κ2) is 6.40. The Morgan fingerprint density at radius 2 is 1.85 bits per heavy atom. The van der Waals surface area contributed by atoms with Gasteiger partial charge in [0.1, 0.15) is 6.54 Å². The molecule has 0 unspecified atom stereocenters. The van der Waals surface area contributed by atoms with Crippen LogP contribution in [0.2, 0.25) is 0 Å². The fourth-order valence-electron chi connectivity index (χ4n) is 2.89. The lowest BCUT2D eigenvalue weighted by atomic mass is 10.1. The van der Waals surface area contributed by atoms with E-state index < -0.39 is 0 Å². The summed E-state index contributed by atoms with van der Waals surface area (Å²) >= 11 is 0. The number of carbonyl (C=O) groups is 1. The Morgan fingerprint density at radius 3 is 2.69 bits per heavy atom. The van der Waals surface area contributed by atoms with Gasteiger partial charge in [-0.25, -0.2) is 4.68 Å². The van der Waals surface area contributed by atoms with Gasteiger partial charge >= 0.3 is 0 Å². The average molecular weight is 348 g/mol. The van der Waals surface area contributed by atoms with Crippen LogP contribution in [0.5, 0.6) is 0 Å². The molecule has 0 aliphatic carbocycles. The minimum atomic E-state index is -0.318. The Morgan fingerprint density at radius 1 is 1.08 bits per heavy atom. The molecule has 4 rings (SSSR count). The van der Waals surface area contributed by atoms with Crippen LogP contribution >= 0.6 is 0 Å².